The molecule has 0 saturated heterocycles. The fourth-order valence-electron chi connectivity index (χ4n) is 3.26. The lowest BCUT2D eigenvalue weighted by Gasteiger charge is -2.31. The minimum Gasteiger partial charge on any atom is -0.477 e. The Labute approximate surface area is 194 Å². The summed E-state index contributed by atoms with van der Waals surface area (Å²) in [6.45, 7) is 4.43. The van der Waals surface area contributed by atoms with Crippen LogP contribution in [0.3, 0.4) is 0 Å². The van der Waals surface area contributed by atoms with Gasteiger partial charge in [-0.25, -0.2) is 4.79 Å². The van der Waals surface area contributed by atoms with E-state index in [9.17, 15) is 19.5 Å². The molecule has 0 aromatic rings. The third kappa shape index (κ3) is 16.0. The van der Waals surface area contributed by atoms with Crippen LogP contribution in [0.25, 0.3) is 0 Å². The number of unbranched alkanes of at least 4 members (excludes halogenated alkanes) is 6. The van der Waals surface area contributed by atoms with E-state index in [1.807, 2.05) is 21.1 Å². The molecule has 0 heterocycles. The van der Waals surface area contributed by atoms with Crippen molar-refractivity contribution in [3.8, 4) is 0 Å². The summed E-state index contributed by atoms with van der Waals surface area (Å²) in [6, 6.07) is -0.601. The molecular formula is C24H46NO7+. The molecule has 0 aromatic carbocycles. The minimum atomic E-state index is -0.881. The maximum absolute atomic E-state index is 12.2. The standard InChI is InChI=1S/C24H45NO7/c1-6-8-10-11-13-15-23(27)32-20(19-31-22(26)14-12-9-7-2)18-30-17-16-21(24(28)29)25(3,4)5/h20-21H,6-19H2,1-5H3/p+1. The molecule has 32 heavy (non-hydrogen) atoms. The molecule has 0 amide bonds. The number of likely N-dealkylation sites (N-methyl/N-ethyl adjacent to an activating group) is 1. The number of aliphatic carboxylic acids is 1. The van der Waals surface area contributed by atoms with Crippen LogP contribution < -0.4 is 0 Å². The van der Waals surface area contributed by atoms with Crippen molar-refractivity contribution in [1.82, 2.24) is 0 Å². The van der Waals surface area contributed by atoms with Gasteiger partial charge in [0, 0.05) is 19.3 Å². The Kier molecular flexibility index (Phi) is 16.9. The van der Waals surface area contributed by atoms with Gasteiger partial charge in [0.2, 0.25) is 0 Å². The fourth-order valence-corrected chi connectivity index (χ4v) is 3.26. The third-order valence-electron chi connectivity index (χ3n) is 5.26. The zero-order valence-electron chi connectivity index (χ0n) is 20.9. The van der Waals surface area contributed by atoms with Crippen LogP contribution in [0.2, 0.25) is 0 Å². The molecule has 0 aliphatic carbocycles. The second-order valence-corrected chi connectivity index (χ2v) is 9.25. The van der Waals surface area contributed by atoms with Crippen LogP contribution >= 0.6 is 0 Å². The zero-order chi connectivity index (χ0) is 24.4. The molecule has 0 radical (unpaired) electrons. The van der Waals surface area contributed by atoms with Crippen LogP contribution in [0, 0.1) is 0 Å². The normalized spacial score (nSPS) is 13.4. The summed E-state index contributed by atoms with van der Waals surface area (Å²) < 4.78 is 16.7. The van der Waals surface area contributed by atoms with Gasteiger partial charge in [0.25, 0.3) is 0 Å². The molecule has 0 fully saturated rings. The van der Waals surface area contributed by atoms with Crippen LogP contribution in [0.4, 0.5) is 0 Å². The molecule has 0 aromatic heterocycles. The Balaban J connectivity index is 4.58. The third-order valence-corrected chi connectivity index (χ3v) is 5.26. The van der Waals surface area contributed by atoms with Gasteiger partial charge in [0.15, 0.2) is 12.1 Å². The van der Waals surface area contributed by atoms with Crippen molar-refractivity contribution in [3.05, 3.63) is 0 Å². The summed E-state index contributed by atoms with van der Waals surface area (Å²) in [5.41, 5.74) is 0. The van der Waals surface area contributed by atoms with E-state index in [1.54, 1.807) is 0 Å². The lowest BCUT2D eigenvalue weighted by Crippen LogP contribution is -2.50. The number of carboxylic acid groups (broad SMARTS) is 1. The van der Waals surface area contributed by atoms with Crippen molar-refractivity contribution >= 4 is 17.9 Å². The van der Waals surface area contributed by atoms with Crippen LogP contribution in [0.1, 0.15) is 84.5 Å². The van der Waals surface area contributed by atoms with E-state index in [0.29, 0.717) is 19.3 Å². The largest absolute Gasteiger partial charge is 0.477 e. The second-order valence-electron chi connectivity index (χ2n) is 9.25. The van der Waals surface area contributed by atoms with Crippen molar-refractivity contribution in [3.63, 3.8) is 0 Å². The van der Waals surface area contributed by atoms with Gasteiger partial charge in [0.05, 0.1) is 34.4 Å². The molecule has 1 N–H and O–H groups in total. The Morgan fingerprint density at radius 2 is 1.38 bits per heavy atom. The van der Waals surface area contributed by atoms with Crippen molar-refractivity contribution in [2.24, 2.45) is 0 Å². The predicted octanol–water partition coefficient (Wildman–Crippen LogP) is 3.95. The van der Waals surface area contributed by atoms with Crippen LogP contribution in [0.15, 0.2) is 0 Å². The van der Waals surface area contributed by atoms with E-state index in [1.165, 1.54) is 0 Å². The number of hydrogen-bond acceptors (Lipinski definition) is 6. The first-order valence-corrected chi connectivity index (χ1v) is 12.1. The van der Waals surface area contributed by atoms with Gasteiger partial charge in [-0.05, 0) is 12.8 Å². The second kappa shape index (κ2) is 17.8. The maximum atomic E-state index is 12.2. The van der Waals surface area contributed by atoms with Gasteiger partial charge in [-0.1, -0.05) is 52.4 Å². The quantitative estimate of drug-likeness (QED) is 0.167. The highest BCUT2D eigenvalue weighted by molar-refractivity contribution is 5.72. The molecule has 2 unspecified atom stereocenters. The topological polar surface area (TPSA) is 99.1 Å². The highest BCUT2D eigenvalue weighted by Crippen LogP contribution is 2.10. The number of hydrogen-bond donors (Lipinski definition) is 1. The number of esters is 2. The van der Waals surface area contributed by atoms with E-state index in [0.717, 1.165) is 51.4 Å². The van der Waals surface area contributed by atoms with Gasteiger partial charge in [-0.15, -0.1) is 0 Å². The van der Waals surface area contributed by atoms with Crippen LogP contribution in [-0.4, -0.2) is 80.6 Å². The first-order valence-electron chi connectivity index (χ1n) is 12.1. The van der Waals surface area contributed by atoms with E-state index in [2.05, 4.69) is 13.8 Å². The van der Waals surface area contributed by atoms with E-state index in [4.69, 9.17) is 14.2 Å². The molecular weight excluding hydrogens is 414 g/mol. The van der Waals surface area contributed by atoms with Crippen molar-refractivity contribution in [2.45, 2.75) is 96.6 Å². The van der Waals surface area contributed by atoms with E-state index < -0.39 is 18.1 Å². The molecule has 0 rings (SSSR count). The predicted molar refractivity (Wildman–Crippen MR) is 123 cm³/mol. The maximum Gasteiger partial charge on any atom is 0.362 e. The first-order chi connectivity index (χ1) is 15.1. The number of ether oxygens (including phenoxy) is 3. The van der Waals surface area contributed by atoms with Gasteiger partial charge in [-0.3, -0.25) is 9.59 Å². The van der Waals surface area contributed by atoms with Gasteiger partial charge < -0.3 is 23.8 Å². The monoisotopic (exact) mass is 460 g/mol. The zero-order valence-corrected chi connectivity index (χ0v) is 20.9. The average Bonchev–Trinajstić information content (AvgIpc) is 2.70. The van der Waals surface area contributed by atoms with Gasteiger partial charge >= 0.3 is 17.9 Å². The minimum absolute atomic E-state index is 0.0514. The van der Waals surface area contributed by atoms with E-state index in [-0.39, 0.29) is 36.2 Å². The SMILES string of the molecule is CCCCCCCC(=O)OC(COCCC(C(=O)O)[N+](C)(C)C)COC(=O)CCCCC. The molecule has 0 bridgehead atoms. The summed E-state index contributed by atoms with van der Waals surface area (Å²) >= 11 is 0. The van der Waals surface area contributed by atoms with Gasteiger partial charge in [-0.2, -0.15) is 0 Å². The summed E-state index contributed by atoms with van der Waals surface area (Å²) in [5, 5.41) is 9.41. The summed E-state index contributed by atoms with van der Waals surface area (Å²) in [6.07, 6.45) is 8.21. The molecule has 0 aliphatic rings. The number of quaternary nitrogens is 1. The van der Waals surface area contributed by atoms with Crippen molar-refractivity contribution in [2.75, 3.05) is 41.0 Å². The summed E-state index contributed by atoms with van der Waals surface area (Å²) in [5.74, 6) is -1.52. The molecule has 2 atom stereocenters. The fraction of sp³-hybridized carbons (Fsp3) is 0.875. The highest BCUT2D eigenvalue weighted by Gasteiger charge is 2.31. The molecule has 188 valence electrons. The number of carbonyl (C=O) groups is 3. The number of rotatable bonds is 20. The molecule has 8 heteroatoms. The molecule has 0 aliphatic heterocycles. The highest BCUT2D eigenvalue weighted by atomic mass is 16.6. The number of nitrogens with zero attached hydrogens (tertiary/aromatic N) is 1. The number of carbonyl (C=O) groups excluding carboxylic acids is 2. The van der Waals surface area contributed by atoms with Gasteiger partial charge in [0.1, 0.15) is 6.61 Å². The Bertz CT molecular complexity index is 531. The van der Waals surface area contributed by atoms with Crippen LogP contribution in [0.5, 0.6) is 0 Å². The summed E-state index contributed by atoms with van der Waals surface area (Å²) in [4.78, 5) is 35.6. The lowest BCUT2D eigenvalue weighted by molar-refractivity contribution is -0.887. The Morgan fingerprint density at radius 1 is 0.812 bits per heavy atom. The average molecular weight is 461 g/mol. The number of carboxylic acids is 1. The molecule has 0 spiro atoms. The lowest BCUT2D eigenvalue weighted by atomic mass is 10.1. The van der Waals surface area contributed by atoms with Crippen molar-refractivity contribution in [1.29, 1.82) is 0 Å². The Morgan fingerprint density at radius 3 is 1.97 bits per heavy atom. The smallest absolute Gasteiger partial charge is 0.362 e. The van der Waals surface area contributed by atoms with E-state index >= 15 is 0 Å². The Hall–Kier alpha value is -1.67. The molecule has 8 nitrogen and oxygen atoms in total. The summed E-state index contributed by atoms with van der Waals surface area (Å²) in [7, 11) is 5.46. The first kappa shape index (κ1) is 30.3. The van der Waals surface area contributed by atoms with Crippen LogP contribution in [-0.2, 0) is 28.6 Å². The molecule has 0 saturated carbocycles. The van der Waals surface area contributed by atoms with Crippen molar-refractivity contribution < 1.29 is 38.2 Å².